The lowest BCUT2D eigenvalue weighted by Gasteiger charge is -2.40. The lowest BCUT2D eigenvalue weighted by molar-refractivity contribution is 0.0920. The molecule has 0 saturated carbocycles. The molecule has 1 aliphatic rings. The zero-order valence-electron chi connectivity index (χ0n) is 12.9. The minimum absolute atomic E-state index is 0.0818. The average molecular weight is 328 g/mol. The van der Waals surface area contributed by atoms with Crippen LogP contribution in [-0.2, 0) is 7.05 Å². The molecule has 0 radical (unpaired) electrons. The van der Waals surface area contributed by atoms with E-state index in [2.05, 4.69) is 25.3 Å². The van der Waals surface area contributed by atoms with Gasteiger partial charge in [0.05, 0.1) is 22.0 Å². The highest BCUT2D eigenvalue weighted by atomic mass is 32.1. The van der Waals surface area contributed by atoms with E-state index in [1.807, 2.05) is 18.4 Å². The topological polar surface area (TPSA) is 75.9 Å². The van der Waals surface area contributed by atoms with Crippen molar-refractivity contribution in [3.8, 4) is 0 Å². The zero-order chi connectivity index (χ0) is 16.0. The van der Waals surface area contributed by atoms with Gasteiger partial charge in [0.1, 0.15) is 17.8 Å². The number of anilines is 1. The predicted molar refractivity (Wildman–Crippen MR) is 88.8 cm³/mol. The van der Waals surface area contributed by atoms with Crippen molar-refractivity contribution in [3.63, 3.8) is 0 Å². The normalized spacial score (nSPS) is 15.0. The molecule has 0 unspecified atom stereocenters. The first-order valence-corrected chi connectivity index (χ1v) is 8.24. The van der Waals surface area contributed by atoms with Gasteiger partial charge in [0, 0.05) is 20.1 Å². The lowest BCUT2D eigenvalue weighted by Crippen LogP contribution is -2.59. The Morgan fingerprint density at radius 2 is 2.22 bits per heavy atom. The van der Waals surface area contributed by atoms with E-state index < -0.39 is 0 Å². The minimum Gasteiger partial charge on any atom is -0.351 e. The van der Waals surface area contributed by atoms with Crippen LogP contribution in [0.4, 0.5) is 5.82 Å². The Labute approximate surface area is 137 Å². The molecule has 1 saturated heterocycles. The molecule has 118 valence electrons. The molecule has 1 amide bonds. The highest BCUT2D eigenvalue weighted by Gasteiger charge is 2.31. The fraction of sp³-hybridized carbons (Fsp3) is 0.333. The number of nitrogens with zero attached hydrogens (tertiary/aromatic N) is 5. The molecule has 0 spiro atoms. The van der Waals surface area contributed by atoms with Crippen LogP contribution in [0.1, 0.15) is 16.2 Å². The molecular formula is C15H16N6OS. The maximum Gasteiger partial charge on any atom is 0.269 e. The molecule has 3 aromatic heterocycles. The maximum atomic E-state index is 12.3. The van der Waals surface area contributed by atoms with E-state index in [1.165, 1.54) is 0 Å². The molecular weight excluding hydrogens is 312 g/mol. The van der Waals surface area contributed by atoms with Gasteiger partial charge in [-0.1, -0.05) is 0 Å². The summed E-state index contributed by atoms with van der Waals surface area (Å²) in [6, 6.07) is 3.92. The number of hydrogen-bond acceptors (Lipinski definition) is 6. The van der Waals surface area contributed by atoms with Crippen molar-refractivity contribution >= 4 is 33.3 Å². The summed E-state index contributed by atoms with van der Waals surface area (Å²) in [7, 11) is 1.78. The van der Waals surface area contributed by atoms with Crippen LogP contribution in [0.3, 0.4) is 0 Å². The van der Waals surface area contributed by atoms with Gasteiger partial charge in [0.25, 0.3) is 5.91 Å². The molecule has 1 aliphatic heterocycles. The number of amides is 1. The summed E-state index contributed by atoms with van der Waals surface area (Å²) in [5.41, 5.74) is 2.40. The van der Waals surface area contributed by atoms with Gasteiger partial charge in [-0.05, 0) is 24.4 Å². The van der Waals surface area contributed by atoms with Crippen LogP contribution in [0.25, 0.3) is 10.2 Å². The molecule has 1 N–H and O–H groups in total. The SMILES string of the molecule is Cc1cc(C(=O)NC2CN(c3ncnc4ccsc34)C2)n(C)n1. The van der Waals surface area contributed by atoms with Gasteiger partial charge in [-0.3, -0.25) is 9.48 Å². The second kappa shape index (κ2) is 5.31. The number of aryl methyl sites for hydroxylation is 2. The summed E-state index contributed by atoms with van der Waals surface area (Å²) < 4.78 is 2.71. The molecule has 0 aromatic carbocycles. The van der Waals surface area contributed by atoms with Gasteiger partial charge in [0.2, 0.25) is 0 Å². The van der Waals surface area contributed by atoms with Gasteiger partial charge >= 0.3 is 0 Å². The Bertz CT molecular complexity index is 879. The van der Waals surface area contributed by atoms with Gasteiger partial charge in [-0.2, -0.15) is 5.10 Å². The molecule has 7 nitrogen and oxygen atoms in total. The van der Waals surface area contributed by atoms with E-state index in [9.17, 15) is 4.79 Å². The van der Waals surface area contributed by atoms with Crippen LogP contribution < -0.4 is 10.2 Å². The van der Waals surface area contributed by atoms with Crippen molar-refractivity contribution in [1.82, 2.24) is 25.1 Å². The molecule has 8 heteroatoms. The fourth-order valence-corrected chi connectivity index (χ4v) is 3.69. The van der Waals surface area contributed by atoms with Crippen molar-refractivity contribution in [2.45, 2.75) is 13.0 Å². The zero-order valence-corrected chi connectivity index (χ0v) is 13.7. The Balaban J connectivity index is 1.43. The standard InChI is InChI=1S/C15H16N6OS/c1-9-5-12(20(2)19-9)15(22)18-10-6-21(7-10)14-13-11(3-4-23-13)16-8-17-14/h3-5,8,10H,6-7H2,1-2H3,(H,18,22). The third-order valence-electron chi connectivity index (χ3n) is 3.98. The fourth-order valence-electron chi connectivity index (χ4n) is 2.83. The third-order valence-corrected chi connectivity index (χ3v) is 4.87. The molecule has 0 bridgehead atoms. The third kappa shape index (κ3) is 2.44. The van der Waals surface area contributed by atoms with E-state index in [-0.39, 0.29) is 11.9 Å². The first-order valence-electron chi connectivity index (χ1n) is 7.36. The quantitative estimate of drug-likeness (QED) is 0.785. The number of nitrogens with one attached hydrogen (secondary N) is 1. The van der Waals surface area contributed by atoms with Crippen molar-refractivity contribution in [2.24, 2.45) is 7.05 Å². The van der Waals surface area contributed by atoms with E-state index in [0.717, 1.165) is 34.8 Å². The average Bonchev–Trinajstić information content (AvgIpc) is 3.08. The number of hydrogen-bond donors (Lipinski definition) is 1. The van der Waals surface area contributed by atoms with Crippen LogP contribution in [0.15, 0.2) is 23.8 Å². The van der Waals surface area contributed by atoms with E-state index in [0.29, 0.717) is 5.69 Å². The van der Waals surface area contributed by atoms with Gasteiger partial charge in [0.15, 0.2) is 0 Å². The highest BCUT2D eigenvalue weighted by Crippen LogP contribution is 2.30. The second-order valence-corrected chi connectivity index (χ2v) is 6.62. The number of aromatic nitrogens is 4. The Morgan fingerprint density at radius 3 is 2.96 bits per heavy atom. The van der Waals surface area contributed by atoms with Crippen LogP contribution in [0.2, 0.25) is 0 Å². The van der Waals surface area contributed by atoms with Crippen molar-refractivity contribution in [2.75, 3.05) is 18.0 Å². The smallest absolute Gasteiger partial charge is 0.269 e. The van der Waals surface area contributed by atoms with Crippen molar-refractivity contribution in [3.05, 3.63) is 35.2 Å². The van der Waals surface area contributed by atoms with Crippen molar-refractivity contribution in [1.29, 1.82) is 0 Å². The van der Waals surface area contributed by atoms with Crippen molar-refractivity contribution < 1.29 is 4.79 Å². The molecule has 0 atom stereocenters. The van der Waals surface area contributed by atoms with Gasteiger partial charge in [-0.25, -0.2) is 9.97 Å². The van der Waals surface area contributed by atoms with Crippen LogP contribution in [-0.4, -0.2) is 44.8 Å². The minimum atomic E-state index is -0.0818. The van der Waals surface area contributed by atoms with E-state index in [1.54, 1.807) is 35.5 Å². The van der Waals surface area contributed by atoms with Gasteiger partial charge < -0.3 is 10.2 Å². The Kier molecular flexibility index (Phi) is 3.26. The monoisotopic (exact) mass is 328 g/mol. The van der Waals surface area contributed by atoms with Gasteiger partial charge in [-0.15, -0.1) is 11.3 Å². The number of rotatable bonds is 3. The highest BCUT2D eigenvalue weighted by molar-refractivity contribution is 7.17. The molecule has 4 rings (SSSR count). The summed E-state index contributed by atoms with van der Waals surface area (Å²) in [5, 5.41) is 9.27. The summed E-state index contributed by atoms with van der Waals surface area (Å²) >= 11 is 1.64. The van der Waals surface area contributed by atoms with E-state index in [4.69, 9.17) is 0 Å². The predicted octanol–water partition coefficient (Wildman–Crippen LogP) is 1.35. The molecule has 0 aliphatic carbocycles. The van der Waals surface area contributed by atoms with Crippen LogP contribution in [0, 0.1) is 6.92 Å². The van der Waals surface area contributed by atoms with Crippen LogP contribution >= 0.6 is 11.3 Å². The molecule has 3 aromatic rings. The first kappa shape index (κ1) is 14.1. The molecule has 4 heterocycles. The Morgan fingerprint density at radius 1 is 1.39 bits per heavy atom. The number of carbonyl (C=O) groups excluding carboxylic acids is 1. The van der Waals surface area contributed by atoms with Crippen LogP contribution in [0.5, 0.6) is 0 Å². The van der Waals surface area contributed by atoms with E-state index >= 15 is 0 Å². The summed E-state index contributed by atoms with van der Waals surface area (Å²) in [6.07, 6.45) is 1.59. The maximum absolute atomic E-state index is 12.3. The number of thiophene rings is 1. The largest absolute Gasteiger partial charge is 0.351 e. The summed E-state index contributed by atoms with van der Waals surface area (Å²) in [6.45, 7) is 3.39. The lowest BCUT2D eigenvalue weighted by atomic mass is 10.1. The summed E-state index contributed by atoms with van der Waals surface area (Å²) in [5.74, 6) is 0.869. The number of carbonyl (C=O) groups is 1. The summed E-state index contributed by atoms with van der Waals surface area (Å²) in [4.78, 5) is 23.1. The molecule has 23 heavy (non-hydrogen) atoms. The molecule has 1 fully saturated rings. The second-order valence-electron chi connectivity index (χ2n) is 5.70. The first-order chi connectivity index (χ1) is 11.1. The number of fused-ring (bicyclic) bond motifs is 1. The Hall–Kier alpha value is -2.48.